The number of ether oxygens (including phenoxy) is 3. The number of carbonyl (C=O) groups excluding carboxylic acids is 3. The van der Waals surface area contributed by atoms with Gasteiger partial charge in [-0.15, -0.1) is 0 Å². The van der Waals surface area contributed by atoms with Crippen LogP contribution in [0.3, 0.4) is 0 Å². The van der Waals surface area contributed by atoms with Crippen molar-refractivity contribution in [1.29, 1.82) is 0 Å². The molecule has 0 fully saturated rings. The first-order valence-electron chi connectivity index (χ1n) is 35.8. The largest absolute Gasteiger partial charge is 0.462 e. The Morgan fingerprint density at radius 3 is 0.753 bits per heavy atom. The van der Waals surface area contributed by atoms with Crippen LogP contribution in [0.25, 0.3) is 0 Å². The van der Waals surface area contributed by atoms with Gasteiger partial charge >= 0.3 is 17.9 Å². The topological polar surface area (TPSA) is 78.9 Å². The lowest BCUT2D eigenvalue weighted by molar-refractivity contribution is -0.167. The standard InChI is InChI=1S/C75H136O6/c1-4-7-10-13-16-19-22-25-28-31-33-35-36-37-38-40-41-44-47-50-53-56-59-62-65-68-74(77)80-71-72(70-79-73(76)67-64-61-58-55-52-49-46-43-30-27-24-21-18-15-12-9-6-3)81-75(78)69-66-63-60-57-54-51-48-45-42-39-34-32-29-26-23-20-17-14-11-8-5-2/h9,12,18,21,23,26-27,30,32,34,72H,4-8,10-11,13-17,19-20,22,24-25,28-29,31,33,35-71H2,1-3H3/b12-9-,21-18-,26-23-,30-27-,34-32-. The molecule has 0 aliphatic rings. The van der Waals surface area contributed by atoms with Gasteiger partial charge in [-0.2, -0.15) is 0 Å². The maximum atomic E-state index is 13.0. The maximum Gasteiger partial charge on any atom is 0.306 e. The van der Waals surface area contributed by atoms with Crippen molar-refractivity contribution >= 4 is 17.9 Å². The summed E-state index contributed by atoms with van der Waals surface area (Å²) in [4.78, 5) is 38.5. The van der Waals surface area contributed by atoms with E-state index in [4.69, 9.17) is 14.2 Å². The first-order chi connectivity index (χ1) is 40.0. The molecule has 0 rings (SSSR count). The molecule has 0 aromatic heterocycles. The highest BCUT2D eigenvalue weighted by Crippen LogP contribution is 2.18. The van der Waals surface area contributed by atoms with Crippen molar-refractivity contribution in [3.8, 4) is 0 Å². The molecule has 0 aromatic carbocycles. The number of hydrogen-bond donors (Lipinski definition) is 0. The van der Waals surface area contributed by atoms with Gasteiger partial charge in [0.15, 0.2) is 6.10 Å². The Hall–Kier alpha value is -2.89. The van der Waals surface area contributed by atoms with Gasteiger partial charge in [-0.1, -0.05) is 338 Å². The second-order valence-electron chi connectivity index (χ2n) is 24.1. The Morgan fingerprint density at radius 2 is 0.481 bits per heavy atom. The van der Waals surface area contributed by atoms with Crippen LogP contribution in [-0.4, -0.2) is 37.2 Å². The van der Waals surface area contributed by atoms with Gasteiger partial charge in [-0.05, 0) is 83.5 Å². The summed E-state index contributed by atoms with van der Waals surface area (Å²) >= 11 is 0. The molecule has 0 N–H and O–H groups in total. The lowest BCUT2D eigenvalue weighted by Gasteiger charge is -2.18. The van der Waals surface area contributed by atoms with Crippen LogP contribution in [0.15, 0.2) is 60.8 Å². The molecule has 0 aliphatic carbocycles. The van der Waals surface area contributed by atoms with Gasteiger partial charge < -0.3 is 14.2 Å². The maximum absolute atomic E-state index is 13.0. The van der Waals surface area contributed by atoms with Gasteiger partial charge in [0.05, 0.1) is 0 Å². The molecule has 0 saturated heterocycles. The number of allylic oxidation sites excluding steroid dienone is 10. The molecule has 0 aliphatic heterocycles. The van der Waals surface area contributed by atoms with Crippen LogP contribution in [0.2, 0.25) is 0 Å². The van der Waals surface area contributed by atoms with Crippen molar-refractivity contribution in [3.63, 3.8) is 0 Å². The Labute approximate surface area is 504 Å². The monoisotopic (exact) mass is 1130 g/mol. The number of hydrogen-bond acceptors (Lipinski definition) is 6. The van der Waals surface area contributed by atoms with Crippen LogP contribution in [0.1, 0.15) is 380 Å². The molecule has 472 valence electrons. The average molecular weight is 1130 g/mol. The van der Waals surface area contributed by atoms with E-state index < -0.39 is 6.10 Å². The summed E-state index contributed by atoms with van der Waals surface area (Å²) in [7, 11) is 0. The molecule has 81 heavy (non-hydrogen) atoms. The summed E-state index contributed by atoms with van der Waals surface area (Å²) in [5.74, 6) is -0.865. The van der Waals surface area contributed by atoms with Crippen molar-refractivity contribution in [3.05, 3.63) is 60.8 Å². The minimum absolute atomic E-state index is 0.0754. The highest BCUT2D eigenvalue weighted by molar-refractivity contribution is 5.71. The van der Waals surface area contributed by atoms with Gasteiger partial charge in [0.1, 0.15) is 13.2 Å². The van der Waals surface area contributed by atoms with Crippen molar-refractivity contribution in [2.45, 2.75) is 386 Å². The predicted octanol–water partition coefficient (Wildman–Crippen LogP) is 24.7. The van der Waals surface area contributed by atoms with Crippen molar-refractivity contribution in [2.24, 2.45) is 0 Å². The SMILES string of the molecule is CC/C=C\C/C=C\C/C=C\CCCCCCCCCC(=O)OCC(COC(=O)CCCCCCCCCCCCCCCCCCCCCCCCCCC)OC(=O)CCCCCCCCCCC/C=C\C/C=C\CCCCCCC. The molecule has 0 amide bonds. The normalized spacial score (nSPS) is 12.4. The molecular weight excluding hydrogens is 997 g/mol. The lowest BCUT2D eigenvalue weighted by atomic mass is 10.0. The molecule has 6 heteroatoms. The quantitative estimate of drug-likeness (QED) is 0.0261. The molecule has 1 unspecified atom stereocenters. The Kier molecular flexibility index (Phi) is 67.1. The third-order valence-electron chi connectivity index (χ3n) is 16.0. The minimum atomic E-state index is -0.781. The van der Waals surface area contributed by atoms with Gasteiger partial charge in [-0.25, -0.2) is 0 Å². The summed E-state index contributed by atoms with van der Waals surface area (Å²) < 4.78 is 17.0. The highest BCUT2D eigenvalue weighted by Gasteiger charge is 2.19. The Bertz CT molecular complexity index is 1440. The highest BCUT2D eigenvalue weighted by atomic mass is 16.6. The van der Waals surface area contributed by atoms with E-state index in [0.717, 1.165) is 89.9 Å². The molecule has 0 aromatic rings. The molecule has 1 atom stereocenters. The van der Waals surface area contributed by atoms with E-state index in [9.17, 15) is 14.4 Å². The summed E-state index contributed by atoms with van der Waals surface area (Å²) in [5, 5.41) is 0. The molecule has 0 heterocycles. The fraction of sp³-hybridized carbons (Fsp3) is 0.827. The fourth-order valence-corrected chi connectivity index (χ4v) is 10.7. The summed E-state index contributed by atoms with van der Waals surface area (Å²) in [6.07, 6.45) is 89.6. The smallest absolute Gasteiger partial charge is 0.306 e. The van der Waals surface area contributed by atoms with E-state index in [0.29, 0.717) is 19.3 Å². The Morgan fingerprint density at radius 1 is 0.259 bits per heavy atom. The first-order valence-corrected chi connectivity index (χ1v) is 35.8. The lowest BCUT2D eigenvalue weighted by Crippen LogP contribution is -2.30. The zero-order chi connectivity index (χ0) is 58.5. The summed E-state index contributed by atoms with van der Waals surface area (Å²) in [6, 6.07) is 0. The van der Waals surface area contributed by atoms with Crippen LogP contribution in [0, 0.1) is 0 Å². The van der Waals surface area contributed by atoms with Crippen LogP contribution in [-0.2, 0) is 28.6 Å². The van der Waals surface area contributed by atoms with E-state index in [1.54, 1.807) is 0 Å². The van der Waals surface area contributed by atoms with E-state index >= 15 is 0 Å². The Balaban J connectivity index is 4.31. The van der Waals surface area contributed by atoms with Gasteiger partial charge in [-0.3, -0.25) is 14.4 Å². The van der Waals surface area contributed by atoms with Crippen molar-refractivity contribution in [1.82, 2.24) is 0 Å². The van der Waals surface area contributed by atoms with Crippen LogP contribution >= 0.6 is 0 Å². The van der Waals surface area contributed by atoms with E-state index in [2.05, 4.69) is 81.5 Å². The second kappa shape index (κ2) is 69.6. The van der Waals surface area contributed by atoms with E-state index in [-0.39, 0.29) is 31.1 Å². The number of carbonyl (C=O) groups is 3. The van der Waals surface area contributed by atoms with E-state index in [1.807, 2.05) is 0 Å². The van der Waals surface area contributed by atoms with Crippen LogP contribution < -0.4 is 0 Å². The molecule has 0 saturated carbocycles. The van der Waals surface area contributed by atoms with Crippen LogP contribution in [0.4, 0.5) is 0 Å². The zero-order valence-electron chi connectivity index (χ0n) is 54.3. The minimum Gasteiger partial charge on any atom is -0.462 e. The number of unbranched alkanes of at least 4 members (excludes halogenated alkanes) is 45. The average Bonchev–Trinajstić information content (AvgIpc) is 3.47. The van der Waals surface area contributed by atoms with Gasteiger partial charge in [0.25, 0.3) is 0 Å². The van der Waals surface area contributed by atoms with E-state index in [1.165, 1.54) is 250 Å². The van der Waals surface area contributed by atoms with Gasteiger partial charge in [0.2, 0.25) is 0 Å². The van der Waals surface area contributed by atoms with Gasteiger partial charge in [0, 0.05) is 19.3 Å². The summed E-state index contributed by atoms with van der Waals surface area (Å²) in [5.41, 5.74) is 0. The second-order valence-corrected chi connectivity index (χ2v) is 24.1. The van der Waals surface area contributed by atoms with Crippen LogP contribution in [0.5, 0.6) is 0 Å². The number of rotatable bonds is 66. The predicted molar refractivity (Wildman–Crippen MR) is 353 cm³/mol. The molecule has 6 nitrogen and oxygen atoms in total. The third-order valence-corrected chi connectivity index (χ3v) is 16.0. The zero-order valence-corrected chi connectivity index (χ0v) is 54.3. The molecule has 0 radical (unpaired) electrons. The third kappa shape index (κ3) is 67.8. The number of esters is 3. The molecule has 0 spiro atoms. The molecule has 0 bridgehead atoms. The molecular formula is C75H136O6. The first kappa shape index (κ1) is 78.1. The van der Waals surface area contributed by atoms with Crippen molar-refractivity contribution in [2.75, 3.05) is 13.2 Å². The fourth-order valence-electron chi connectivity index (χ4n) is 10.7. The summed E-state index contributed by atoms with van der Waals surface area (Å²) in [6.45, 7) is 6.58. The van der Waals surface area contributed by atoms with Crippen molar-refractivity contribution < 1.29 is 28.6 Å².